The number of rotatable bonds is 3. The zero-order valence-electron chi connectivity index (χ0n) is 12.5. The fourth-order valence-corrected chi connectivity index (χ4v) is 2.57. The second-order valence-electron chi connectivity index (χ2n) is 5.21. The van der Waals surface area contributed by atoms with Crippen molar-refractivity contribution in [2.45, 2.75) is 6.61 Å². The molecule has 0 aliphatic heterocycles. The molecule has 0 saturated heterocycles. The van der Waals surface area contributed by atoms with Crippen LogP contribution in [0.1, 0.15) is 15.9 Å². The lowest BCUT2D eigenvalue weighted by atomic mass is 10.1. The number of aromatic nitrogens is 1. The van der Waals surface area contributed by atoms with Crippen LogP contribution >= 0.6 is 11.9 Å². The summed E-state index contributed by atoms with van der Waals surface area (Å²) in [6.07, 6.45) is 1.14. The van der Waals surface area contributed by atoms with Gasteiger partial charge in [-0.1, -0.05) is 12.1 Å². The molecule has 0 atom stereocenters. The summed E-state index contributed by atoms with van der Waals surface area (Å²) in [5.74, 6) is -3.47. The van der Waals surface area contributed by atoms with Gasteiger partial charge < -0.3 is 14.0 Å². The Morgan fingerprint density at radius 1 is 1.16 bits per heavy atom. The second kappa shape index (κ2) is 6.62. The van der Waals surface area contributed by atoms with Gasteiger partial charge in [0.05, 0.1) is 17.5 Å². The Kier molecular flexibility index (Phi) is 4.52. The number of aliphatic hydroxyl groups is 1. The molecule has 25 heavy (non-hydrogen) atoms. The number of nitrogens with zero attached hydrogens (tertiary/aromatic N) is 1. The SMILES string of the molecule is O=C(OCl)c1cn(-c2ccc(CO)cc2)c2cc(F)c(F)cc2c1=O. The summed E-state index contributed by atoms with van der Waals surface area (Å²) in [5, 5.41) is 8.90. The number of hydrogen-bond donors (Lipinski definition) is 1. The largest absolute Gasteiger partial charge is 0.392 e. The lowest BCUT2D eigenvalue weighted by Gasteiger charge is -2.13. The number of benzene rings is 2. The van der Waals surface area contributed by atoms with E-state index < -0.39 is 28.6 Å². The van der Waals surface area contributed by atoms with E-state index in [2.05, 4.69) is 4.29 Å². The predicted molar refractivity (Wildman–Crippen MR) is 86.7 cm³/mol. The van der Waals surface area contributed by atoms with Crippen molar-refractivity contribution < 1.29 is 23.0 Å². The fourth-order valence-electron chi connectivity index (χ4n) is 2.48. The maximum atomic E-state index is 13.7. The van der Waals surface area contributed by atoms with Crippen molar-refractivity contribution in [3.63, 3.8) is 0 Å². The highest BCUT2D eigenvalue weighted by Gasteiger charge is 2.19. The Morgan fingerprint density at radius 2 is 1.80 bits per heavy atom. The van der Waals surface area contributed by atoms with Crippen LogP contribution in [0.2, 0.25) is 0 Å². The molecule has 0 fully saturated rings. The Balaban J connectivity index is 2.39. The molecule has 1 heterocycles. The number of aliphatic hydroxyl groups excluding tert-OH is 1. The van der Waals surface area contributed by atoms with Gasteiger partial charge in [-0.15, -0.1) is 0 Å². The average molecular weight is 366 g/mol. The van der Waals surface area contributed by atoms with E-state index in [0.717, 1.165) is 18.3 Å². The maximum absolute atomic E-state index is 13.7. The van der Waals surface area contributed by atoms with Crippen molar-refractivity contribution in [2.24, 2.45) is 0 Å². The zero-order valence-corrected chi connectivity index (χ0v) is 13.3. The number of carbonyl (C=O) groups is 1. The van der Waals surface area contributed by atoms with E-state index in [0.29, 0.717) is 11.3 Å². The normalized spacial score (nSPS) is 10.9. The van der Waals surface area contributed by atoms with Crippen molar-refractivity contribution in [1.82, 2.24) is 4.57 Å². The van der Waals surface area contributed by atoms with Gasteiger partial charge in [-0.2, -0.15) is 0 Å². The number of halogens is 3. The van der Waals surface area contributed by atoms with Gasteiger partial charge in [-0.05, 0) is 23.8 Å². The molecule has 0 saturated carbocycles. The highest BCUT2D eigenvalue weighted by Crippen LogP contribution is 2.21. The number of fused-ring (bicyclic) bond motifs is 1. The summed E-state index contributed by atoms with van der Waals surface area (Å²) in [7, 11) is 0. The molecule has 0 radical (unpaired) electrons. The van der Waals surface area contributed by atoms with E-state index in [1.165, 1.54) is 4.57 Å². The van der Waals surface area contributed by atoms with Gasteiger partial charge in [-0.3, -0.25) is 4.79 Å². The summed E-state index contributed by atoms with van der Waals surface area (Å²) >= 11 is 5.04. The molecule has 0 amide bonds. The Morgan fingerprint density at radius 3 is 2.40 bits per heavy atom. The van der Waals surface area contributed by atoms with E-state index in [-0.39, 0.29) is 17.5 Å². The third-order valence-electron chi connectivity index (χ3n) is 3.73. The Hall–Kier alpha value is -2.77. The third-order valence-corrected chi connectivity index (χ3v) is 3.87. The molecule has 0 aliphatic rings. The first-order valence-electron chi connectivity index (χ1n) is 7.03. The smallest absolute Gasteiger partial charge is 0.361 e. The summed E-state index contributed by atoms with van der Waals surface area (Å²) < 4.78 is 32.7. The van der Waals surface area contributed by atoms with Crippen molar-refractivity contribution >= 4 is 28.7 Å². The number of pyridine rings is 1. The van der Waals surface area contributed by atoms with E-state index in [9.17, 15) is 18.4 Å². The van der Waals surface area contributed by atoms with Crippen LogP contribution in [-0.4, -0.2) is 15.6 Å². The minimum atomic E-state index is -1.22. The Bertz CT molecular complexity index is 1030. The van der Waals surface area contributed by atoms with Crippen molar-refractivity contribution in [3.8, 4) is 5.69 Å². The maximum Gasteiger partial charge on any atom is 0.361 e. The Labute approximate surface area is 144 Å². The molecule has 8 heteroatoms. The number of carbonyl (C=O) groups excluding carboxylic acids is 1. The van der Waals surface area contributed by atoms with Crippen molar-refractivity contribution in [3.05, 3.63) is 75.6 Å². The molecular weight excluding hydrogens is 356 g/mol. The van der Waals surface area contributed by atoms with Crippen LogP contribution in [0.25, 0.3) is 16.6 Å². The van der Waals surface area contributed by atoms with Gasteiger partial charge >= 0.3 is 5.97 Å². The third kappa shape index (κ3) is 2.99. The summed E-state index contributed by atoms with van der Waals surface area (Å²) in [6.45, 7) is -0.172. The topological polar surface area (TPSA) is 68.5 Å². The minimum Gasteiger partial charge on any atom is -0.392 e. The standard InChI is InChI=1S/C17H10ClF2NO4/c18-25-17(24)12-7-21(10-3-1-9(8-22)2-4-10)15-6-14(20)13(19)5-11(15)16(12)23/h1-7,22H,8H2. The van der Waals surface area contributed by atoms with E-state index in [1.54, 1.807) is 24.3 Å². The van der Waals surface area contributed by atoms with E-state index in [1.807, 2.05) is 0 Å². The predicted octanol–water partition coefficient (Wildman–Crippen LogP) is 3.07. The molecular formula is C17H10ClF2NO4. The molecule has 3 rings (SSSR count). The van der Waals surface area contributed by atoms with Gasteiger partial charge in [0.25, 0.3) is 0 Å². The van der Waals surface area contributed by atoms with Crippen LogP contribution < -0.4 is 5.43 Å². The molecule has 3 aromatic rings. The molecule has 0 unspecified atom stereocenters. The molecule has 5 nitrogen and oxygen atoms in total. The van der Waals surface area contributed by atoms with Gasteiger partial charge in [0.2, 0.25) is 5.43 Å². The van der Waals surface area contributed by atoms with Crippen LogP contribution in [0.5, 0.6) is 0 Å². The highest BCUT2D eigenvalue weighted by atomic mass is 35.5. The zero-order chi connectivity index (χ0) is 18.1. The van der Waals surface area contributed by atoms with Gasteiger partial charge in [0.15, 0.2) is 11.6 Å². The molecule has 1 aromatic heterocycles. The first-order valence-corrected chi connectivity index (χ1v) is 7.34. The van der Waals surface area contributed by atoms with Gasteiger partial charge in [-0.25, -0.2) is 13.6 Å². The van der Waals surface area contributed by atoms with Crippen LogP contribution in [0.4, 0.5) is 8.78 Å². The van der Waals surface area contributed by atoms with E-state index >= 15 is 0 Å². The minimum absolute atomic E-state index is 0.0618. The van der Waals surface area contributed by atoms with E-state index in [4.69, 9.17) is 17.0 Å². The summed E-state index contributed by atoms with van der Waals surface area (Å²) in [6, 6.07) is 7.98. The highest BCUT2D eigenvalue weighted by molar-refractivity contribution is 6.16. The molecule has 1 N–H and O–H groups in total. The summed E-state index contributed by atoms with van der Waals surface area (Å²) in [4.78, 5) is 24.1. The van der Waals surface area contributed by atoms with Crippen molar-refractivity contribution in [2.75, 3.05) is 0 Å². The molecule has 0 spiro atoms. The van der Waals surface area contributed by atoms with Crippen LogP contribution in [-0.2, 0) is 10.9 Å². The molecule has 2 aromatic carbocycles. The van der Waals surface area contributed by atoms with Crippen molar-refractivity contribution in [1.29, 1.82) is 0 Å². The first-order chi connectivity index (χ1) is 12.0. The molecule has 0 bridgehead atoms. The lowest BCUT2D eigenvalue weighted by molar-refractivity contribution is 0.0749. The van der Waals surface area contributed by atoms with Gasteiger partial charge in [0.1, 0.15) is 17.4 Å². The number of hydrogen-bond acceptors (Lipinski definition) is 4. The fraction of sp³-hybridized carbons (Fsp3) is 0.0588. The average Bonchev–Trinajstić information content (AvgIpc) is 2.63. The monoisotopic (exact) mass is 365 g/mol. The summed E-state index contributed by atoms with van der Waals surface area (Å²) in [5.41, 5.74) is -0.113. The first kappa shape index (κ1) is 17.1. The van der Waals surface area contributed by atoms with Crippen LogP contribution in [0, 0.1) is 11.6 Å². The van der Waals surface area contributed by atoms with Crippen LogP contribution in [0.3, 0.4) is 0 Å². The van der Waals surface area contributed by atoms with Gasteiger partial charge in [0, 0.05) is 18.0 Å². The quantitative estimate of drug-likeness (QED) is 0.774. The molecule has 0 aliphatic carbocycles. The lowest BCUT2D eigenvalue weighted by Crippen LogP contribution is -2.19. The molecule has 128 valence electrons. The second-order valence-corrected chi connectivity index (χ2v) is 5.37. The van der Waals surface area contributed by atoms with Crippen LogP contribution in [0.15, 0.2) is 47.4 Å².